The monoisotopic (exact) mass is 566 g/mol. The molecule has 0 aliphatic heterocycles. The Morgan fingerprint density at radius 3 is 2.38 bits per heavy atom. The summed E-state index contributed by atoms with van der Waals surface area (Å²) in [6.07, 6.45) is -3.24. The van der Waals surface area contributed by atoms with Crippen molar-refractivity contribution >= 4 is 40.2 Å². The smallest absolute Gasteiger partial charge is 0.433 e. The fraction of sp³-hybridized carbons (Fsp3) is 0.111. The lowest BCUT2D eigenvalue weighted by molar-refractivity contribution is -0.142. The van der Waals surface area contributed by atoms with E-state index in [0.29, 0.717) is 27.7 Å². The number of nitrogens with one attached hydrogen (secondary N) is 2. The number of amides is 2. The van der Waals surface area contributed by atoms with Crippen LogP contribution in [0.1, 0.15) is 5.69 Å². The van der Waals surface area contributed by atoms with Crippen molar-refractivity contribution in [3.63, 3.8) is 0 Å². The van der Waals surface area contributed by atoms with Crippen LogP contribution < -0.4 is 20.1 Å². The van der Waals surface area contributed by atoms with Gasteiger partial charge in [0.25, 0.3) is 0 Å². The standard InChI is InChI=1S/C27H21F3N6O3S/c1-38-21-12-19-20(13-22(21)39-2)31-15-32-25(19)40-18-10-6-7-16(11-18)33-26(37)34-24-14-23(27(28,29)30)36(35-24)17-8-4-3-5-9-17/h3-15H,1-2H3,(H2,33,34,35,37). The van der Waals surface area contributed by atoms with Gasteiger partial charge in [-0.2, -0.15) is 13.2 Å². The summed E-state index contributed by atoms with van der Waals surface area (Å²) in [6, 6.07) is 18.4. The number of fused-ring (bicyclic) bond motifs is 1. The number of ether oxygens (including phenoxy) is 2. The lowest BCUT2D eigenvalue weighted by Crippen LogP contribution is -2.19. The maximum Gasteiger partial charge on any atom is 0.433 e. The number of halogens is 3. The Balaban J connectivity index is 1.34. The van der Waals surface area contributed by atoms with Gasteiger partial charge in [-0.3, -0.25) is 5.32 Å². The van der Waals surface area contributed by atoms with Gasteiger partial charge >= 0.3 is 12.2 Å². The number of carbonyl (C=O) groups is 1. The summed E-state index contributed by atoms with van der Waals surface area (Å²) in [7, 11) is 3.08. The van der Waals surface area contributed by atoms with Gasteiger partial charge in [0.05, 0.1) is 25.4 Å². The minimum atomic E-state index is -4.68. The average molecular weight is 567 g/mol. The van der Waals surface area contributed by atoms with Crippen molar-refractivity contribution in [2.24, 2.45) is 0 Å². The highest BCUT2D eigenvalue weighted by Gasteiger charge is 2.36. The van der Waals surface area contributed by atoms with E-state index in [1.165, 1.54) is 37.3 Å². The fourth-order valence-corrected chi connectivity index (χ4v) is 4.81. The number of methoxy groups -OCH3 is 2. The molecular formula is C27H21F3N6O3S. The zero-order valence-electron chi connectivity index (χ0n) is 21.1. The van der Waals surface area contributed by atoms with Crippen LogP contribution in [0.3, 0.4) is 0 Å². The van der Waals surface area contributed by atoms with E-state index >= 15 is 0 Å². The van der Waals surface area contributed by atoms with Crippen molar-refractivity contribution in [2.75, 3.05) is 24.9 Å². The molecule has 2 amide bonds. The number of urea groups is 1. The SMILES string of the molecule is COc1cc2ncnc(Sc3cccc(NC(=O)Nc4cc(C(F)(F)F)n(-c5ccccc5)n4)c3)c2cc1OC. The second-order valence-electron chi connectivity index (χ2n) is 8.27. The molecule has 0 spiro atoms. The Kier molecular flexibility index (Phi) is 7.47. The van der Waals surface area contributed by atoms with Gasteiger partial charge in [-0.1, -0.05) is 36.0 Å². The normalized spacial score (nSPS) is 11.3. The quantitative estimate of drug-likeness (QED) is 0.213. The number of para-hydroxylation sites is 1. The van der Waals surface area contributed by atoms with Crippen LogP contribution in [0.2, 0.25) is 0 Å². The molecule has 0 radical (unpaired) electrons. The van der Waals surface area contributed by atoms with Crippen molar-refractivity contribution in [2.45, 2.75) is 16.1 Å². The molecule has 5 aromatic rings. The van der Waals surface area contributed by atoms with Gasteiger partial charge in [0.15, 0.2) is 17.3 Å². The lowest BCUT2D eigenvalue weighted by atomic mass is 10.2. The molecular weight excluding hydrogens is 545 g/mol. The molecule has 2 N–H and O–H groups in total. The fourth-order valence-electron chi connectivity index (χ4n) is 3.88. The molecule has 9 nitrogen and oxygen atoms in total. The van der Waals surface area contributed by atoms with E-state index < -0.39 is 17.9 Å². The van der Waals surface area contributed by atoms with Crippen LogP contribution >= 0.6 is 11.8 Å². The van der Waals surface area contributed by atoms with E-state index in [4.69, 9.17) is 9.47 Å². The predicted molar refractivity (Wildman–Crippen MR) is 144 cm³/mol. The summed E-state index contributed by atoms with van der Waals surface area (Å²) in [5.74, 6) is 0.816. The van der Waals surface area contributed by atoms with E-state index in [-0.39, 0.29) is 11.5 Å². The molecule has 0 fully saturated rings. The Morgan fingerprint density at radius 1 is 0.900 bits per heavy atom. The van der Waals surface area contributed by atoms with Gasteiger partial charge in [-0.05, 0) is 36.4 Å². The maximum absolute atomic E-state index is 13.6. The minimum Gasteiger partial charge on any atom is -0.493 e. The highest BCUT2D eigenvalue weighted by molar-refractivity contribution is 7.99. The molecule has 0 aliphatic rings. The van der Waals surface area contributed by atoms with Crippen LogP contribution in [0.4, 0.5) is 29.5 Å². The molecule has 0 saturated carbocycles. The van der Waals surface area contributed by atoms with Crippen LogP contribution in [0.5, 0.6) is 11.5 Å². The predicted octanol–water partition coefficient (Wildman–Crippen LogP) is 6.65. The van der Waals surface area contributed by atoms with Gasteiger partial charge in [-0.15, -0.1) is 5.10 Å². The maximum atomic E-state index is 13.6. The van der Waals surface area contributed by atoms with E-state index in [1.54, 1.807) is 55.6 Å². The third-order valence-electron chi connectivity index (χ3n) is 5.65. The molecule has 0 unspecified atom stereocenters. The third kappa shape index (κ3) is 5.78. The van der Waals surface area contributed by atoms with Crippen LogP contribution in [-0.2, 0) is 6.18 Å². The number of aromatic nitrogens is 4. The summed E-state index contributed by atoms with van der Waals surface area (Å²) in [5.41, 5.74) is 0.274. The first-order chi connectivity index (χ1) is 19.2. The van der Waals surface area contributed by atoms with E-state index in [9.17, 15) is 18.0 Å². The topological polar surface area (TPSA) is 103 Å². The molecule has 2 heterocycles. The number of hydrogen-bond acceptors (Lipinski definition) is 7. The van der Waals surface area contributed by atoms with Crippen molar-refractivity contribution in [1.29, 1.82) is 0 Å². The number of hydrogen-bond donors (Lipinski definition) is 2. The molecule has 0 bridgehead atoms. The van der Waals surface area contributed by atoms with Crippen LogP contribution in [0.25, 0.3) is 16.6 Å². The van der Waals surface area contributed by atoms with Gasteiger partial charge in [0.1, 0.15) is 17.0 Å². The summed E-state index contributed by atoms with van der Waals surface area (Å²) < 4.78 is 52.3. The highest BCUT2D eigenvalue weighted by atomic mass is 32.2. The molecule has 13 heteroatoms. The highest BCUT2D eigenvalue weighted by Crippen LogP contribution is 2.38. The second-order valence-corrected chi connectivity index (χ2v) is 9.33. The summed E-state index contributed by atoms with van der Waals surface area (Å²) >= 11 is 1.34. The van der Waals surface area contributed by atoms with Crippen LogP contribution in [-0.4, -0.2) is 40.0 Å². The summed E-state index contributed by atoms with van der Waals surface area (Å²) in [5, 5.41) is 10.3. The van der Waals surface area contributed by atoms with Gasteiger partial charge in [0.2, 0.25) is 0 Å². The molecule has 2 aromatic heterocycles. The van der Waals surface area contributed by atoms with Crippen LogP contribution in [0.15, 0.2) is 89.0 Å². The molecule has 0 saturated heterocycles. The van der Waals surface area contributed by atoms with Crippen molar-refractivity contribution in [3.8, 4) is 17.2 Å². The number of benzene rings is 3. The first kappa shape index (κ1) is 26.8. The Bertz CT molecular complexity index is 1680. The zero-order valence-corrected chi connectivity index (χ0v) is 21.9. The Labute approximate surface area is 230 Å². The van der Waals surface area contributed by atoms with Crippen molar-refractivity contribution in [3.05, 3.63) is 84.8 Å². The van der Waals surface area contributed by atoms with Gasteiger partial charge in [-0.25, -0.2) is 19.4 Å². The zero-order chi connectivity index (χ0) is 28.3. The summed E-state index contributed by atoms with van der Waals surface area (Å²) in [4.78, 5) is 22.1. The summed E-state index contributed by atoms with van der Waals surface area (Å²) in [6.45, 7) is 0. The minimum absolute atomic E-state index is 0.210. The number of anilines is 2. The molecule has 5 rings (SSSR count). The molecule has 204 valence electrons. The molecule has 0 atom stereocenters. The Hall–Kier alpha value is -4.78. The van der Waals surface area contributed by atoms with Crippen molar-refractivity contribution in [1.82, 2.24) is 19.7 Å². The molecule has 3 aromatic carbocycles. The molecule has 0 aliphatic carbocycles. The van der Waals surface area contributed by atoms with Crippen LogP contribution in [0, 0.1) is 0 Å². The number of alkyl halides is 3. The molecule has 40 heavy (non-hydrogen) atoms. The van der Waals surface area contributed by atoms with E-state index in [2.05, 4.69) is 25.7 Å². The van der Waals surface area contributed by atoms with E-state index in [1.807, 2.05) is 6.07 Å². The largest absolute Gasteiger partial charge is 0.493 e. The van der Waals surface area contributed by atoms with E-state index in [0.717, 1.165) is 21.0 Å². The first-order valence-corrected chi connectivity index (χ1v) is 12.5. The third-order valence-corrected chi connectivity index (χ3v) is 6.66. The Morgan fingerprint density at radius 2 is 1.65 bits per heavy atom. The first-order valence-electron chi connectivity index (χ1n) is 11.7. The number of carbonyl (C=O) groups excluding carboxylic acids is 1. The van der Waals surface area contributed by atoms with Gasteiger partial charge < -0.3 is 14.8 Å². The average Bonchev–Trinajstić information content (AvgIpc) is 3.37. The number of rotatable bonds is 7. The number of nitrogens with zero attached hydrogens (tertiary/aromatic N) is 4. The lowest BCUT2D eigenvalue weighted by Gasteiger charge is -2.11. The second kappa shape index (κ2) is 11.1. The van der Waals surface area contributed by atoms with Gasteiger partial charge in [0, 0.05) is 28.1 Å². The van der Waals surface area contributed by atoms with Crippen molar-refractivity contribution < 1.29 is 27.4 Å².